The highest BCUT2D eigenvalue weighted by molar-refractivity contribution is 6.04. The van der Waals surface area contributed by atoms with E-state index in [0.717, 1.165) is 0 Å². The number of ether oxygens (including phenoxy) is 4. The smallest absolute Gasteiger partial charge is 0.187 e. The molecule has 14 unspecified atom stereocenters. The molecule has 0 bridgehead atoms. The van der Waals surface area contributed by atoms with E-state index in [2.05, 4.69) is 11.8 Å². The molecule has 14 nitrogen and oxygen atoms in total. The number of nitrogens with two attached hydrogens (primary N) is 3. The van der Waals surface area contributed by atoms with Crippen LogP contribution in [0.5, 0.6) is 0 Å². The number of nitrogens with one attached hydrogen (secondary N) is 1. The summed E-state index contributed by atoms with van der Waals surface area (Å²) in [5, 5.41) is 64.3. The molecule has 34 heavy (non-hydrogen) atoms. The summed E-state index contributed by atoms with van der Waals surface area (Å²) in [7, 11) is 5.53. The standard InChI is InChI=1S/C19H35BN4O10/c1-4(21)14-12(29)13(30)19(31-14)34-17-9(26)7(24-20)3-6(22)16(17)33-18-8(23)10(27)11(28)15(32-18)5(2)25/h5-19,24-30H,1,3,21-23H2,2H3/t5-,6?,7?,8?,9?,10?,11?,12?,13?,14?,15?,16?,17?,18?,19?/m1/s1. The van der Waals surface area contributed by atoms with Gasteiger partial charge in [-0.2, -0.15) is 0 Å². The topological polar surface area (TPSA) is 248 Å². The van der Waals surface area contributed by atoms with Gasteiger partial charge in [0.05, 0.1) is 18.2 Å². The molecular weight excluding hydrogens is 455 g/mol. The molecule has 1 saturated carbocycles. The molecular formula is C19H35BN4O10. The zero-order chi connectivity index (χ0) is 25.5. The van der Waals surface area contributed by atoms with Crippen LogP contribution in [-0.2, 0) is 18.9 Å². The SMILES string of the molecule is [B]NC1CC(N)C(OC2OC([C@@H](C)O)C(O)C(O)C2N)C(OC2OC(C(=C)N)C(O)C2O)C1O. The molecule has 13 N–H and O–H groups in total. The average Bonchev–Trinajstić information content (AvgIpc) is 3.06. The van der Waals surface area contributed by atoms with Crippen LogP contribution in [0.15, 0.2) is 12.3 Å². The van der Waals surface area contributed by atoms with Gasteiger partial charge in [-0.1, -0.05) is 6.58 Å². The van der Waals surface area contributed by atoms with Crippen LogP contribution in [-0.4, -0.2) is 130 Å². The molecule has 0 aromatic heterocycles. The summed E-state index contributed by atoms with van der Waals surface area (Å²) in [5.41, 5.74) is 17.8. The summed E-state index contributed by atoms with van der Waals surface area (Å²) in [6, 6.07) is -2.79. The Hall–Kier alpha value is -0.915. The van der Waals surface area contributed by atoms with E-state index in [1.54, 1.807) is 0 Å². The zero-order valence-electron chi connectivity index (χ0n) is 18.7. The van der Waals surface area contributed by atoms with Gasteiger partial charge >= 0.3 is 0 Å². The van der Waals surface area contributed by atoms with E-state index in [4.69, 9.17) is 44.1 Å². The number of hydrogen-bond acceptors (Lipinski definition) is 14. The first-order valence-electron chi connectivity index (χ1n) is 11.0. The average molecular weight is 490 g/mol. The maximum Gasteiger partial charge on any atom is 0.187 e. The van der Waals surface area contributed by atoms with Crippen LogP contribution in [0, 0.1) is 0 Å². The lowest BCUT2D eigenvalue weighted by Crippen LogP contribution is -2.68. The van der Waals surface area contributed by atoms with Gasteiger partial charge in [0, 0.05) is 17.8 Å². The summed E-state index contributed by atoms with van der Waals surface area (Å²) in [4.78, 5) is 0. The highest BCUT2D eigenvalue weighted by atomic mass is 16.7. The summed E-state index contributed by atoms with van der Waals surface area (Å²) >= 11 is 0. The zero-order valence-corrected chi connectivity index (χ0v) is 18.7. The molecule has 0 spiro atoms. The molecule has 1 aliphatic carbocycles. The largest absolute Gasteiger partial charge is 0.400 e. The third-order valence-electron chi connectivity index (χ3n) is 6.56. The van der Waals surface area contributed by atoms with Crippen molar-refractivity contribution in [3.05, 3.63) is 12.3 Å². The van der Waals surface area contributed by atoms with Gasteiger partial charge in [-0.25, -0.2) is 0 Å². The van der Waals surface area contributed by atoms with Crippen molar-refractivity contribution in [1.82, 2.24) is 5.23 Å². The third kappa shape index (κ3) is 5.27. The molecule has 0 amide bonds. The molecule has 2 saturated heterocycles. The van der Waals surface area contributed by atoms with E-state index in [1.807, 2.05) is 0 Å². The fourth-order valence-electron chi connectivity index (χ4n) is 4.54. The third-order valence-corrected chi connectivity index (χ3v) is 6.56. The Balaban J connectivity index is 1.83. The highest BCUT2D eigenvalue weighted by Gasteiger charge is 2.53. The van der Waals surface area contributed by atoms with Crippen molar-refractivity contribution < 1.29 is 49.6 Å². The van der Waals surface area contributed by atoms with Gasteiger partial charge in [0.2, 0.25) is 0 Å². The van der Waals surface area contributed by atoms with Crippen LogP contribution in [0.1, 0.15) is 13.3 Å². The quantitative estimate of drug-likeness (QED) is 0.149. The lowest BCUT2D eigenvalue weighted by molar-refractivity contribution is -0.315. The first kappa shape index (κ1) is 27.7. The number of aliphatic hydroxyl groups excluding tert-OH is 6. The maximum absolute atomic E-state index is 10.9. The molecule has 3 rings (SSSR count). The van der Waals surface area contributed by atoms with Gasteiger partial charge in [0.25, 0.3) is 0 Å². The summed E-state index contributed by atoms with van der Waals surface area (Å²) in [5.74, 6) is 0. The van der Waals surface area contributed by atoms with E-state index in [1.165, 1.54) is 6.92 Å². The predicted octanol–water partition coefficient (Wildman–Crippen LogP) is -6.04. The van der Waals surface area contributed by atoms with Crippen molar-refractivity contribution in [3.63, 3.8) is 0 Å². The molecule has 194 valence electrons. The van der Waals surface area contributed by atoms with Crippen LogP contribution >= 0.6 is 0 Å². The first-order chi connectivity index (χ1) is 15.9. The van der Waals surface area contributed by atoms with Crippen molar-refractivity contribution in [3.8, 4) is 0 Å². The molecule has 2 aliphatic heterocycles. The number of hydrogen-bond donors (Lipinski definition) is 10. The van der Waals surface area contributed by atoms with Gasteiger partial charge in [-0.3, -0.25) is 0 Å². The molecule has 0 aromatic carbocycles. The predicted molar refractivity (Wildman–Crippen MR) is 115 cm³/mol. The highest BCUT2D eigenvalue weighted by Crippen LogP contribution is 2.33. The van der Waals surface area contributed by atoms with Crippen molar-refractivity contribution in [2.24, 2.45) is 17.2 Å². The van der Waals surface area contributed by atoms with Gasteiger partial charge < -0.3 is 72.0 Å². The van der Waals surface area contributed by atoms with Crippen LogP contribution in [0.2, 0.25) is 0 Å². The minimum atomic E-state index is -1.54. The Morgan fingerprint density at radius 3 is 2.12 bits per heavy atom. The van der Waals surface area contributed by atoms with Crippen molar-refractivity contribution >= 4 is 7.98 Å². The molecule has 2 heterocycles. The number of aliphatic hydroxyl groups is 6. The van der Waals surface area contributed by atoms with Crippen LogP contribution in [0.4, 0.5) is 0 Å². The van der Waals surface area contributed by atoms with Crippen molar-refractivity contribution in [1.29, 1.82) is 0 Å². The Bertz CT molecular complexity index is 710. The Morgan fingerprint density at radius 1 is 0.971 bits per heavy atom. The summed E-state index contributed by atoms with van der Waals surface area (Å²) < 4.78 is 22.8. The van der Waals surface area contributed by atoms with Crippen LogP contribution in [0.3, 0.4) is 0 Å². The molecule has 2 radical (unpaired) electrons. The van der Waals surface area contributed by atoms with Crippen LogP contribution < -0.4 is 22.4 Å². The van der Waals surface area contributed by atoms with E-state index in [9.17, 15) is 30.6 Å². The van der Waals surface area contributed by atoms with Gasteiger partial charge in [-0.05, 0) is 13.3 Å². The Kier molecular flexibility index (Phi) is 8.95. The molecule has 15 heteroatoms. The molecule has 15 atom stereocenters. The van der Waals surface area contributed by atoms with E-state index in [-0.39, 0.29) is 12.1 Å². The second-order valence-electron chi connectivity index (χ2n) is 9.11. The second-order valence-corrected chi connectivity index (χ2v) is 9.11. The van der Waals surface area contributed by atoms with E-state index >= 15 is 0 Å². The molecule has 3 aliphatic rings. The summed E-state index contributed by atoms with van der Waals surface area (Å²) in [6.07, 6.45) is -15.8. The van der Waals surface area contributed by atoms with E-state index < -0.39 is 91.7 Å². The fourth-order valence-corrected chi connectivity index (χ4v) is 4.54. The first-order valence-corrected chi connectivity index (χ1v) is 11.0. The summed E-state index contributed by atoms with van der Waals surface area (Å²) in [6.45, 7) is 4.86. The fraction of sp³-hybridized carbons (Fsp3) is 0.895. The second kappa shape index (κ2) is 11.0. The maximum atomic E-state index is 10.9. The van der Waals surface area contributed by atoms with E-state index in [0.29, 0.717) is 0 Å². The lowest BCUT2D eigenvalue weighted by Gasteiger charge is -2.48. The Morgan fingerprint density at radius 2 is 1.59 bits per heavy atom. The van der Waals surface area contributed by atoms with Gasteiger partial charge in [0.15, 0.2) is 20.6 Å². The minimum Gasteiger partial charge on any atom is -0.400 e. The monoisotopic (exact) mass is 490 g/mol. The van der Waals surface area contributed by atoms with Gasteiger partial charge in [0.1, 0.15) is 48.8 Å². The normalized spacial score (nSPS) is 50.7. The lowest BCUT2D eigenvalue weighted by atomic mass is 9.83. The molecule has 3 fully saturated rings. The van der Waals surface area contributed by atoms with Gasteiger partial charge in [-0.15, -0.1) is 0 Å². The number of rotatable bonds is 7. The molecule has 0 aromatic rings. The van der Waals surface area contributed by atoms with Crippen molar-refractivity contribution in [2.75, 3.05) is 0 Å². The van der Waals surface area contributed by atoms with Crippen molar-refractivity contribution in [2.45, 2.75) is 105 Å². The Labute approximate surface area is 198 Å². The van der Waals surface area contributed by atoms with Crippen LogP contribution in [0.25, 0.3) is 0 Å². The minimum absolute atomic E-state index is 0.0360.